The van der Waals surface area contributed by atoms with Crippen molar-refractivity contribution in [1.82, 2.24) is 9.88 Å². The molecule has 2 heterocycles. The molecule has 3 heteroatoms. The Morgan fingerprint density at radius 3 is 3.00 bits per heavy atom. The quantitative estimate of drug-likeness (QED) is 0.719. The van der Waals surface area contributed by atoms with Crippen LogP contribution >= 0.6 is 0 Å². The summed E-state index contributed by atoms with van der Waals surface area (Å²) in [5.74, 6) is 0. The molecule has 0 fully saturated rings. The number of pyridine rings is 1. The molecule has 14 heavy (non-hydrogen) atoms. The van der Waals surface area contributed by atoms with Crippen LogP contribution in [0.5, 0.6) is 0 Å². The van der Waals surface area contributed by atoms with Crippen molar-refractivity contribution in [3.8, 4) is 0 Å². The van der Waals surface area contributed by atoms with Crippen molar-refractivity contribution in [2.45, 2.75) is 6.42 Å². The van der Waals surface area contributed by atoms with E-state index >= 15 is 0 Å². The third kappa shape index (κ3) is 1.93. The van der Waals surface area contributed by atoms with E-state index in [9.17, 15) is 4.79 Å². The number of nitrogens with one attached hydrogen (secondary N) is 1. The number of hydrogen-bond donors (Lipinski definition) is 1. The maximum Gasteiger partial charge on any atom is 0.248 e. The maximum atomic E-state index is 11.1. The van der Waals surface area contributed by atoms with Crippen LogP contribution in [0.3, 0.4) is 0 Å². The zero-order chi connectivity index (χ0) is 9.97. The van der Waals surface area contributed by atoms with Gasteiger partial charge < -0.3 is 9.88 Å². The molecule has 0 radical (unpaired) electrons. The zero-order valence-corrected chi connectivity index (χ0v) is 8.29. The summed E-state index contributed by atoms with van der Waals surface area (Å²) in [4.78, 5) is 16.0. The Labute approximate surface area is 83.1 Å². The van der Waals surface area contributed by atoms with Crippen molar-refractivity contribution in [3.05, 3.63) is 40.3 Å². The second kappa shape index (κ2) is 3.80. The summed E-state index contributed by atoms with van der Waals surface area (Å²) in [5.41, 5.74) is 2.32. The van der Waals surface area contributed by atoms with Crippen molar-refractivity contribution in [1.29, 1.82) is 0 Å². The van der Waals surface area contributed by atoms with Gasteiger partial charge >= 0.3 is 0 Å². The van der Waals surface area contributed by atoms with Crippen LogP contribution in [-0.2, 0) is 0 Å². The van der Waals surface area contributed by atoms with Gasteiger partial charge in [-0.1, -0.05) is 6.08 Å². The average molecular weight is 190 g/mol. The molecule has 2 rings (SSSR count). The largest absolute Gasteiger partial charge is 0.329 e. The van der Waals surface area contributed by atoms with Crippen molar-refractivity contribution >= 4 is 5.57 Å². The number of hydrogen-bond acceptors (Lipinski definition) is 2. The summed E-state index contributed by atoms with van der Waals surface area (Å²) in [7, 11) is 2.10. The molecule has 0 atom stereocenters. The Kier molecular flexibility index (Phi) is 2.50. The molecular weight excluding hydrogens is 176 g/mol. The molecule has 1 aliphatic rings. The van der Waals surface area contributed by atoms with Gasteiger partial charge in [-0.25, -0.2) is 0 Å². The summed E-state index contributed by atoms with van der Waals surface area (Å²) in [6, 6.07) is 3.62. The van der Waals surface area contributed by atoms with E-state index in [0.717, 1.165) is 25.1 Å². The van der Waals surface area contributed by atoms with Crippen LogP contribution in [0.1, 0.15) is 12.0 Å². The smallest absolute Gasteiger partial charge is 0.248 e. The molecule has 0 saturated heterocycles. The minimum Gasteiger partial charge on any atom is -0.329 e. The van der Waals surface area contributed by atoms with E-state index in [0.29, 0.717) is 0 Å². The molecule has 0 aliphatic carbocycles. The van der Waals surface area contributed by atoms with E-state index in [2.05, 4.69) is 23.0 Å². The Morgan fingerprint density at radius 2 is 2.36 bits per heavy atom. The normalized spacial score (nSPS) is 17.9. The van der Waals surface area contributed by atoms with Gasteiger partial charge in [0.25, 0.3) is 0 Å². The van der Waals surface area contributed by atoms with Gasteiger partial charge in [0.05, 0.1) is 0 Å². The van der Waals surface area contributed by atoms with Gasteiger partial charge in [0.1, 0.15) is 0 Å². The summed E-state index contributed by atoms with van der Waals surface area (Å²) in [5, 5.41) is 0. The van der Waals surface area contributed by atoms with Crippen LogP contribution in [0.15, 0.2) is 29.2 Å². The first kappa shape index (κ1) is 9.21. The highest BCUT2D eigenvalue weighted by atomic mass is 16.1. The van der Waals surface area contributed by atoms with Crippen LogP contribution in [-0.4, -0.2) is 30.0 Å². The Hall–Kier alpha value is -1.35. The van der Waals surface area contributed by atoms with Crippen molar-refractivity contribution in [2.75, 3.05) is 20.1 Å². The molecule has 0 amide bonds. The molecule has 0 unspecified atom stereocenters. The lowest BCUT2D eigenvalue weighted by Gasteiger charge is -2.21. The maximum absolute atomic E-state index is 11.1. The molecule has 1 aromatic heterocycles. The van der Waals surface area contributed by atoms with Crippen molar-refractivity contribution in [3.63, 3.8) is 0 Å². The highest BCUT2D eigenvalue weighted by molar-refractivity contribution is 5.66. The molecule has 0 aromatic carbocycles. The predicted octanol–water partition coefficient (Wildman–Crippen LogP) is 1.09. The van der Waals surface area contributed by atoms with Gasteiger partial charge in [-0.05, 0) is 30.7 Å². The summed E-state index contributed by atoms with van der Waals surface area (Å²) in [6.45, 7) is 2.04. The minimum atomic E-state index is -0.0256. The second-order valence-corrected chi connectivity index (χ2v) is 3.68. The fourth-order valence-corrected chi connectivity index (χ4v) is 1.68. The predicted molar refractivity (Wildman–Crippen MR) is 57.2 cm³/mol. The van der Waals surface area contributed by atoms with Gasteiger partial charge in [-0.2, -0.15) is 0 Å². The third-order valence-electron chi connectivity index (χ3n) is 2.56. The lowest BCUT2D eigenvalue weighted by molar-refractivity contribution is 0.370. The van der Waals surface area contributed by atoms with E-state index in [1.165, 1.54) is 5.57 Å². The molecule has 0 saturated carbocycles. The number of likely N-dealkylation sites (N-methyl/N-ethyl adjacent to an activating group) is 1. The molecule has 1 aliphatic heterocycles. The van der Waals surface area contributed by atoms with Crippen LogP contribution in [0, 0.1) is 0 Å². The first-order valence-corrected chi connectivity index (χ1v) is 4.82. The first-order valence-electron chi connectivity index (χ1n) is 4.82. The summed E-state index contributed by atoms with van der Waals surface area (Å²) in [6.07, 6.45) is 4.93. The lowest BCUT2D eigenvalue weighted by atomic mass is 10.0. The molecule has 0 bridgehead atoms. The van der Waals surface area contributed by atoms with Crippen molar-refractivity contribution in [2.24, 2.45) is 0 Å². The Morgan fingerprint density at radius 1 is 1.50 bits per heavy atom. The molecule has 74 valence electrons. The molecule has 1 aromatic rings. The number of aromatic amines is 1. The number of H-pyrrole nitrogens is 1. The van der Waals surface area contributed by atoms with Crippen LogP contribution in [0.4, 0.5) is 0 Å². The fourth-order valence-electron chi connectivity index (χ4n) is 1.68. The second-order valence-electron chi connectivity index (χ2n) is 3.68. The fraction of sp³-hybridized carbons (Fsp3) is 0.364. The number of aromatic nitrogens is 1. The molecule has 1 N–H and O–H groups in total. The van der Waals surface area contributed by atoms with Gasteiger partial charge in [0.15, 0.2) is 0 Å². The lowest BCUT2D eigenvalue weighted by Crippen LogP contribution is -2.23. The summed E-state index contributed by atoms with van der Waals surface area (Å²) < 4.78 is 0. The highest BCUT2D eigenvalue weighted by Gasteiger charge is 2.09. The van der Waals surface area contributed by atoms with E-state index < -0.39 is 0 Å². The highest BCUT2D eigenvalue weighted by Crippen LogP contribution is 2.19. The van der Waals surface area contributed by atoms with Gasteiger partial charge in [0, 0.05) is 25.4 Å². The first-order chi connectivity index (χ1) is 6.75. The zero-order valence-electron chi connectivity index (χ0n) is 8.29. The van der Waals surface area contributed by atoms with E-state index in [-0.39, 0.29) is 5.56 Å². The Balaban J connectivity index is 2.28. The minimum absolute atomic E-state index is 0.0256. The molecule has 3 nitrogen and oxygen atoms in total. The SMILES string of the molecule is CN1CC=C(c2cc[nH]c(=O)c2)CC1. The van der Waals surface area contributed by atoms with Crippen LogP contribution in [0.2, 0.25) is 0 Å². The number of rotatable bonds is 1. The van der Waals surface area contributed by atoms with Gasteiger partial charge in [0.2, 0.25) is 5.56 Å². The monoisotopic (exact) mass is 190 g/mol. The van der Waals surface area contributed by atoms with E-state index in [1.807, 2.05) is 6.07 Å². The van der Waals surface area contributed by atoms with Crippen molar-refractivity contribution < 1.29 is 0 Å². The molecule has 0 spiro atoms. The average Bonchev–Trinajstić information content (AvgIpc) is 2.19. The Bertz CT molecular complexity index is 406. The topological polar surface area (TPSA) is 36.1 Å². The summed E-state index contributed by atoms with van der Waals surface area (Å²) >= 11 is 0. The third-order valence-corrected chi connectivity index (χ3v) is 2.56. The standard InChI is InChI=1S/C11H14N2O/c1-13-6-3-9(4-7-13)10-2-5-12-11(14)8-10/h2-3,5,8H,4,6-7H2,1H3,(H,12,14). The van der Waals surface area contributed by atoms with Crippen LogP contribution in [0.25, 0.3) is 5.57 Å². The van der Waals surface area contributed by atoms with Gasteiger partial charge in [-0.15, -0.1) is 0 Å². The van der Waals surface area contributed by atoms with Crippen LogP contribution < -0.4 is 5.56 Å². The number of nitrogens with zero attached hydrogens (tertiary/aromatic N) is 1. The molecular formula is C11H14N2O. The van der Waals surface area contributed by atoms with E-state index in [1.54, 1.807) is 12.3 Å². The van der Waals surface area contributed by atoms with Gasteiger partial charge in [-0.3, -0.25) is 4.79 Å². The van der Waals surface area contributed by atoms with E-state index in [4.69, 9.17) is 0 Å².